The van der Waals surface area contributed by atoms with Crippen LogP contribution in [0.3, 0.4) is 0 Å². The number of hydrogen-bond donors (Lipinski definition) is 1. The monoisotopic (exact) mass is 275 g/mol. The molecule has 1 aliphatic heterocycles. The van der Waals surface area contributed by atoms with Crippen molar-refractivity contribution < 1.29 is 0 Å². The average molecular weight is 275 g/mol. The standard InChI is InChI=1S/C15H21N3S/c1-11(2)14-9-18(7-3-6-16-14)12-4-5-13-15(8-12)19-10-17-13/h4-5,8,10-11,14,16H,3,6-7,9H2,1-2H3. The number of anilines is 1. The number of thiazole rings is 1. The Morgan fingerprint density at radius 2 is 2.32 bits per heavy atom. The summed E-state index contributed by atoms with van der Waals surface area (Å²) in [5.74, 6) is 0.674. The highest BCUT2D eigenvalue weighted by Crippen LogP contribution is 2.25. The van der Waals surface area contributed by atoms with E-state index in [0.717, 1.165) is 25.2 Å². The largest absolute Gasteiger partial charge is 0.370 e. The molecule has 1 atom stereocenters. The molecule has 102 valence electrons. The molecule has 19 heavy (non-hydrogen) atoms. The first-order chi connectivity index (χ1) is 9.24. The van der Waals surface area contributed by atoms with E-state index in [-0.39, 0.29) is 0 Å². The van der Waals surface area contributed by atoms with E-state index in [0.29, 0.717) is 12.0 Å². The van der Waals surface area contributed by atoms with Gasteiger partial charge in [-0.1, -0.05) is 13.8 Å². The van der Waals surface area contributed by atoms with E-state index in [9.17, 15) is 0 Å². The highest BCUT2D eigenvalue weighted by atomic mass is 32.1. The minimum Gasteiger partial charge on any atom is -0.370 e. The van der Waals surface area contributed by atoms with Crippen LogP contribution in [-0.2, 0) is 0 Å². The topological polar surface area (TPSA) is 28.2 Å². The second-order valence-electron chi connectivity index (χ2n) is 5.61. The highest BCUT2D eigenvalue weighted by molar-refractivity contribution is 7.16. The van der Waals surface area contributed by atoms with Gasteiger partial charge in [-0.3, -0.25) is 0 Å². The fourth-order valence-corrected chi connectivity index (χ4v) is 3.38. The lowest BCUT2D eigenvalue weighted by molar-refractivity contribution is 0.420. The maximum absolute atomic E-state index is 4.35. The van der Waals surface area contributed by atoms with Gasteiger partial charge in [0.15, 0.2) is 0 Å². The molecule has 3 nitrogen and oxygen atoms in total. The first-order valence-electron chi connectivity index (χ1n) is 7.05. The molecule has 1 N–H and O–H groups in total. The summed E-state index contributed by atoms with van der Waals surface area (Å²) < 4.78 is 1.29. The summed E-state index contributed by atoms with van der Waals surface area (Å²) in [5, 5.41) is 3.66. The van der Waals surface area contributed by atoms with Gasteiger partial charge in [0.05, 0.1) is 15.7 Å². The summed E-state index contributed by atoms with van der Waals surface area (Å²) in [6, 6.07) is 7.23. The van der Waals surface area contributed by atoms with E-state index in [4.69, 9.17) is 0 Å². The molecule has 0 amide bonds. The summed E-state index contributed by atoms with van der Waals surface area (Å²) in [6.07, 6.45) is 1.21. The fraction of sp³-hybridized carbons (Fsp3) is 0.533. The third-order valence-corrected chi connectivity index (χ3v) is 4.70. The molecule has 3 rings (SSSR count). The van der Waals surface area contributed by atoms with Crippen molar-refractivity contribution in [3.8, 4) is 0 Å². The normalized spacial score (nSPS) is 21.0. The van der Waals surface area contributed by atoms with Gasteiger partial charge in [0, 0.05) is 24.8 Å². The average Bonchev–Trinajstić information content (AvgIpc) is 2.72. The summed E-state index contributed by atoms with van der Waals surface area (Å²) >= 11 is 1.72. The number of aromatic nitrogens is 1. The van der Waals surface area contributed by atoms with Crippen LogP contribution in [0.4, 0.5) is 5.69 Å². The molecule has 2 aromatic rings. The number of fused-ring (bicyclic) bond motifs is 1. The summed E-state index contributed by atoms with van der Waals surface area (Å²) in [6.45, 7) is 7.96. The maximum atomic E-state index is 4.35. The molecule has 1 aromatic heterocycles. The smallest absolute Gasteiger partial charge is 0.0813 e. The van der Waals surface area contributed by atoms with Gasteiger partial charge in [-0.05, 0) is 37.1 Å². The lowest BCUT2D eigenvalue weighted by Gasteiger charge is -2.28. The lowest BCUT2D eigenvalue weighted by Crippen LogP contribution is -2.41. The Bertz CT molecular complexity index is 549. The number of hydrogen-bond acceptors (Lipinski definition) is 4. The molecule has 0 bridgehead atoms. The SMILES string of the molecule is CC(C)C1CN(c2ccc3ncsc3c2)CCCN1. The van der Waals surface area contributed by atoms with Gasteiger partial charge >= 0.3 is 0 Å². The molecular weight excluding hydrogens is 254 g/mol. The number of rotatable bonds is 2. The van der Waals surface area contributed by atoms with Crippen molar-refractivity contribution in [1.29, 1.82) is 0 Å². The van der Waals surface area contributed by atoms with Crippen molar-refractivity contribution in [2.45, 2.75) is 26.3 Å². The molecule has 2 heterocycles. The zero-order chi connectivity index (χ0) is 13.2. The van der Waals surface area contributed by atoms with E-state index >= 15 is 0 Å². The summed E-state index contributed by atoms with van der Waals surface area (Å²) in [7, 11) is 0. The van der Waals surface area contributed by atoms with Crippen molar-refractivity contribution >= 4 is 27.2 Å². The van der Waals surface area contributed by atoms with Crippen LogP contribution in [0.5, 0.6) is 0 Å². The van der Waals surface area contributed by atoms with Crippen molar-refractivity contribution in [3.63, 3.8) is 0 Å². The molecule has 0 aliphatic carbocycles. The molecule has 0 saturated carbocycles. The molecular formula is C15H21N3S. The predicted molar refractivity (Wildman–Crippen MR) is 83.1 cm³/mol. The molecule has 1 aromatic carbocycles. The lowest BCUT2D eigenvalue weighted by atomic mass is 10.0. The third kappa shape index (κ3) is 2.74. The summed E-state index contributed by atoms with van der Waals surface area (Å²) in [5.41, 5.74) is 4.38. The Kier molecular flexibility index (Phi) is 3.71. The number of nitrogens with one attached hydrogen (secondary N) is 1. The zero-order valence-corrected chi connectivity index (χ0v) is 12.4. The van der Waals surface area contributed by atoms with Crippen LogP contribution >= 0.6 is 11.3 Å². The van der Waals surface area contributed by atoms with Crippen LogP contribution in [0.15, 0.2) is 23.7 Å². The van der Waals surface area contributed by atoms with E-state index in [2.05, 4.69) is 47.2 Å². The molecule has 1 saturated heterocycles. The zero-order valence-electron chi connectivity index (χ0n) is 11.6. The van der Waals surface area contributed by atoms with Crippen LogP contribution in [0.25, 0.3) is 10.2 Å². The summed E-state index contributed by atoms with van der Waals surface area (Å²) in [4.78, 5) is 6.87. The van der Waals surface area contributed by atoms with Crippen molar-refractivity contribution in [3.05, 3.63) is 23.7 Å². The van der Waals surface area contributed by atoms with Gasteiger partial charge < -0.3 is 10.2 Å². The molecule has 1 aliphatic rings. The van der Waals surface area contributed by atoms with Crippen LogP contribution in [0.1, 0.15) is 20.3 Å². The Hall–Kier alpha value is -1.13. The third-order valence-electron chi connectivity index (χ3n) is 3.91. The van der Waals surface area contributed by atoms with Gasteiger partial charge in [-0.15, -0.1) is 11.3 Å². The molecule has 1 unspecified atom stereocenters. The molecule has 4 heteroatoms. The van der Waals surface area contributed by atoms with Crippen molar-refractivity contribution in [2.24, 2.45) is 5.92 Å². The Morgan fingerprint density at radius 3 is 3.16 bits per heavy atom. The van der Waals surface area contributed by atoms with Crippen molar-refractivity contribution in [1.82, 2.24) is 10.3 Å². The van der Waals surface area contributed by atoms with Gasteiger partial charge in [-0.25, -0.2) is 4.98 Å². The van der Waals surface area contributed by atoms with Gasteiger partial charge in [0.2, 0.25) is 0 Å². The first kappa shape index (κ1) is 12.9. The van der Waals surface area contributed by atoms with E-state index in [1.165, 1.54) is 16.8 Å². The number of benzene rings is 1. The van der Waals surface area contributed by atoms with E-state index < -0.39 is 0 Å². The highest BCUT2D eigenvalue weighted by Gasteiger charge is 2.20. The van der Waals surface area contributed by atoms with Crippen LogP contribution in [0, 0.1) is 5.92 Å². The molecule has 1 fully saturated rings. The van der Waals surface area contributed by atoms with E-state index in [1.807, 2.05) is 5.51 Å². The minimum absolute atomic E-state index is 0.583. The first-order valence-corrected chi connectivity index (χ1v) is 7.93. The molecule has 0 radical (unpaired) electrons. The van der Waals surface area contributed by atoms with Gasteiger partial charge in [-0.2, -0.15) is 0 Å². The van der Waals surface area contributed by atoms with Crippen LogP contribution in [0.2, 0.25) is 0 Å². The van der Waals surface area contributed by atoms with Crippen LogP contribution in [-0.4, -0.2) is 30.7 Å². The van der Waals surface area contributed by atoms with Crippen molar-refractivity contribution in [2.75, 3.05) is 24.5 Å². The Balaban J connectivity index is 1.86. The van der Waals surface area contributed by atoms with E-state index in [1.54, 1.807) is 11.3 Å². The minimum atomic E-state index is 0.583. The van der Waals surface area contributed by atoms with Gasteiger partial charge in [0.1, 0.15) is 0 Å². The van der Waals surface area contributed by atoms with Crippen LogP contribution < -0.4 is 10.2 Å². The molecule has 0 spiro atoms. The Labute approximate surface area is 118 Å². The fourth-order valence-electron chi connectivity index (χ4n) is 2.67. The number of nitrogens with zero attached hydrogens (tertiary/aromatic N) is 2. The second kappa shape index (κ2) is 5.47. The predicted octanol–water partition coefficient (Wildman–Crippen LogP) is 3.12. The quantitative estimate of drug-likeness (QED) is 0.912. The maximum Gasteiger partial charge on any atom is 0.0813 e. The van der Waals surface area contributed by atoms with Gasteiger partial charge in [0.25, 0.3) is 0 Å². The second-order valence-corrected chi connectivity index (χ2v) is 6.49. The Morgan fingerprint density at radius 1 is 1.42 bits per heavy atom.